The normalized spacial score (nSPS) is 10.5. The third-order valence-corrected chi connectivity index (χ3v) is 3.31. The monoisotopic (exact) mass is 239 g/mol. The highest BCUT2D eigenvalue weighted by Gasteiger charge is 2.02. The minimum atomic E-state index is -0.169. The Kier molecular flexibility index (Phi) is 2.79. The molecular weight excluding hydrogens is 230 g/mol. The summed E-state index contributed by atoms with van der Waals surface area (Å²) in [6.07, 6.45) is 1.69. The van der Waals surface area contributed by atoms with Crippen molar-refractivity contribution in [3.63, 3.8) is 0 Å². The minimum absolute atomic E-state index is 0.169. The molecule has 0 aliphatic rings. The maximum absolute atomic E-state index is 11.0. The molecule has 0 bridgehead atoms. The number of aryl methyl sites for hydroxylation is 1. The Morgan fingerprint density at radius 2 is 2.47 bits per heavy atom. The van der Waals surface area contributed by atoms with Crippen LogP contribution >= 0.6 is 23.6 Å². The van der Waals surface area contributed by atoms with Crippen molar-refractivity contribution >= 4 is 23.6 Å². The van der Waals surface area contributed by atoms with Gasteiger partial charge in [-0.05, 0) is 19.1 Å². The Bertz CT molecular complexity index is 581. The van der Waals surface area contributed by atoms with E-state index >= 15 is 0 Å². The maximum Gasteiger partial charge on any atom is 0.251 e. The van der Waals surface area contributed by atoms with Crippen LogP contribution in [0.1, 0.15) is 10.6 Å². The molecule has 0 atom stereocenters. The van der Waals surface area contributed by atoms with E-state index in [4.69, 9.17) is 12.2 Å². The fourth-order valence-corrected chi connectivity index (χ4v) is 2.20. The lowest BCUT2D eigenvalue weighted by molar-refractivity contribution is 0.749. The van der Waals surface area contributed by atoms with Crippen molar-refractivity contribution in [3.8, 4) is 0 Å². The van der Waals surface area contributed by atoms with Crippen LogP contribution in [-0.4, -0.2) is 14.5 Å². The molecule has 0 saturated carbocycles. The lowest BCUT2D eigenvalue weighted by Gasteiger charge is -2.03. The fourth-order valence-electron chi connectivity index (χ4n) is 1.20. The van der Waals surface area contributed by atoms with Gasteiger partial charge in [0.1, 0.15) is 0 Å². The van der Waals surface area contributed by atoms with Crippen LogP contribution in [0.4, 0.5) is 0 Å². The second-order valence-electron chi connectivity index (χ2n) is 3.10. The number of nitrogens with zero attached hydrogens (tertiary/aromatic N) is 2. The first-order valence-electron chi connectivity index (χ1n) is 4.35. The second-order valence-corrected chi connectivity index (χ2v) is 4.43. The summed E-state index contributed by atoms with van der Waals surface area (Å²) in [7, 11) is 0. The average Bonchev–Trinajstić information content (AvgIpc) is 2.57. The number of rotatable bonds is 2. The van der Waals surface area contributed by atoms with Crippen LogP contribution in [0.3, 0.4) is 0 Å². The Morgan fingerprint density at radius 1 is 1.67 bits per heavy atom. The highest BCUT2D eigenvalue weighted by molar-refractivity contribution is 7.71. The Morgan fingerprint density at radius 3 is 3.07 bits per heavy atom. The predicted octanol–water partition coefficient (Wildman–Crippen LogP) is 1.72. The fraction of sp³-hybridized carbons (Fsp3) is 0.222. The number of H-pyrrole nitrogens is 1. The maximum atomic E-state index is 11.0. The molecule has 2 rings (SSSR count). The molecule has 1 N–H and O–H groups in total. The first kappa shape index (κ1) is 10.3. The Labute approximate surface area is 95.2 Å². The lowest BCUT2D eigenvalue weighted by Crippen LogP contribution is -2.11. The molecule has 2 aromatic rings. The van der Waals surface area contributed by atoms with Crippen molar-refractivity contribution in [2.24, 2.45) is 0 Å². The Hall–Kier alpha value is -1.27. The van der Waals surface area contributed by atoms with E-state index in [0.29, 0.717) is 11.3 Å². The van der Waals surface area contributed by atoms with E-state index in [2.05, 4.69) is 9.97 Å². The SMILES string of the molecule is Cc1ncsc1Cn1ccc(=O)[nH]c1=S. The van der Waals surface area contributed by atoms with Gasteiger partial charge in [-0.1, -0.05) is 0 Å². The van der Waals surface area contributed by atoms with Gasteiger partial charge in [0.05, 0.1) is 17.7 Å². The number of hydrogen-bond donors (Lipinski definition) is 1. The van der Waals surface area contributed by atoms with Crippen molar-refractivity contribution in [3.05, 3.63) is 43.5 Å². The van der Waals surface area contributed by atoms with Crippen LogP contribution in [0.25, 0.3) is 0 Å². The van der Waals surface area contributed by atoms with Crippen LogP contribution in [-0.2, 0) is 6.54 Å². The van der Waals surface area contributed by atoms with Crippen LogP contribution in [0, 0.1) is 11.7 Å². The van der Waals surface area contributed by atoms with Crippen molar-refractivity contribution in [2.45, 2.75) is 13.5 Å². The molecule has 2 aromatic heterocycles. The molecule has 0 aliphatic carbocycles. The van der Waals surface area contributed by atoms with Crippen LogP contribution in [0.15, 0.2) is 22.6 Å². The largest absolute Gasteiger partial charge is 0.320 e. The van der Waals surface area contributed by atoms with Crippen molar-refractivity contribution < 1.29 is 0 Å². The van der Waals surface area contributed by atoms with Gasteiger partial charge in [-0.3, -0.25) is 9.78 Å². The molecule has 0 radical (unpaired) electrons. The summed E-state index contributed by atoms with van der Waals surface area (Å²) in [4.78, 5) is 18.9. The molecule has 0 fully saturated rings. The number of aromatic nitrogens is 3. The van der Waals surface area contributed by atoms with Gasteiger partial charge < -0.3 is 4.57 Å². The molecule has 4 nitrogen and oxygen atoms in total. The number of thiazole rings is 1. The number of aromatic amines is 1. The van der Waals surface area contributed by atoms with Gasteiger partial charge in [-0.15, -0.1) is 11.3 Å². The average molecular weight is 239 g/mol. The molecule has 15 heavy (non-hydrogen) atoms. The third kappa shape index (κ3) is 2.21. The summed E-state index contributed by atoms with van der Waals surface area (Å²) in [5, 5.41) is 0. The molecular formula is C9H9N3OS2. The summed E-state index contributed by atoms with van der Waals surface area (Å²) in [5.41, 5.74) is 2.64. The van der Waals surface area contributed by atoms with E-state index in [0.717, 1.165) is 10.6 Å². The van der Waals surface area contributed by atoms with Gasteiger partial charge in [0.25, 0.3) is 5.56 Å². The highest BCUT2D eigenvalue weighted by Crippen LogP contribution is 2.13. The van der Waals surface area contributed by atoms with Gasteiger partial charge in [0, 0.05) is 17.1 Å². The predicted molar refractivity (Wildman–Crippen MR) is 61.8 cm³/mol. The Balaban J connectivity index is 2.37. The summed E-state index contributed by atoms with van der Waals surface area (Å²) in [5.74, 6) is 0. The zero-order chi connectivity index (χ0) is 10.8. The third-order valence-electron chi connectivity index (χ3n) is 2.06. The first-order chi connectivity index (χ1) is 7.16. The summed E-state index contributed by atoms with van der Waals surface area (Å²) >= 11 is 6.63. The number of hydrogen-bond acceptors (Lipinski definition) is 4. The smallest absolute Gasteiger partial charge is 0.251 e. The zero-order valence-electron chi connectivity index (χ0n) is 8.06. The first-order valence-corrected chi connectivity index (χ1v) is 5.64. The molecule has 2 heterocycles. The molecule has 0 aliphatic heterocycles. The van der Waals surface area contributed by atoms with Crippen LogP contribution in [0.2, 0.25) is 0 Å². The topological polar surface area (TPSA) is 50.7 Å². The summed E-state index contributed by atoms with van der Waals surface area (Å²) in [6, 6.07) is 1.46. The number of nitrogens with one attached hydrogen (secondary N) is 1. The molecule has 78 valence electrons. The molecule has 6 heteroatoms. The summed E-state index contributed by atoms with van der Waals surface area (Å²) < 4.78 is 2.26. The van der Waals surface area contributed by atoms with E-state index in [1.54, 1.807) is 23.0 Å². The summed E-state index contributed by atoms with van der Waals surface area (Å²) in [6.45, 7) is 2.62. The highest BCUT2D eigenvalue weighted by atomic mass is 32.1. The molecule has 0 spiro atoms. The van der Waals surface area contributed by atoms with Gasteiger partial charge in [0.15, 0.2) is 4.77 Å². The van der Waals surface area contributed by atoms with E-state index in [9.17, 15) is 4.79 Å². The van der Waals surface area contributed by atoms with Gasteiger partial charge in [-0.25, -0.2) is 4.98 Å². The van der Waals surface area contributed by atoms with Crippen LogP contribution in [0.5, 0.6) is 0 Å². The van der Waals surface area contributed by atoms with Crippen molar-refractivity contribution in [2.75, 3.05) is 0 Å². The second kappa shape index (κ2) is 4.08. The standard InChI is InChI=1S/C9H9N3OS2/c1-6-7(15-5-10-6)4-12-3-2-8(13)11-9(12)14/h2-3,5H,4H2,1H3,(H,11,13,14). The van der Waals surface area contributed by atoms with Gasteiger partial charge >= 0.3 is 0 Å². The van der Waals surface area contributed by atoms with E-state index in [-0.39, 0.29) is 5.56 Å². The van der Waals surface area contributed by atoms with E-state index in [1.165, 1.54) is 6.07 Å². The van der Waals surface area contributed by atoms with Crippen molar-refractivity contribution in [1.82, 2.24) is 14.5 Å². The van der Waals surface area contributed by atoms with E-state index < -0.39 is 0 Å². The van der Waals surface area contributed by atoms with Gasteiger partial charge in [0.2, 0.25) is 0 Å². The lowest BCUT2D eigenvalue weighted by atomic mass is 10.4. The zero-order valence-corrected chi connectivity index (χ0v) is 9.69. The molecule has 0 saturated heterocycles. The van der Waals surface area contributed by atoms with Gasteiger partial charge in [-0.2, -0.15) is 0 Å². The minimum Gasteiger partial charge on any atom is -0.320 e. The molecule has 0 unspecified atom stereocenters. The van der Waals surface area contributed by atoms with E-state index in [1.807, 2.05) is 11.5 Å². The quantitative estimate of drug-likeness (QED) is 0.812. The molecule has 0 aromatic carbocycles. The molecule has 0 amide bonds. The van der Waals surface area contributed by atoms with Crippen molar-refractivity contribution in [1.29, 1.82) is 0 Å². The van der Waals surface area contributed by atoms with Crippen LogP contribution < -0.4 is 5.56 Å².